The van der Waals surface area contributed by atoms with E-state index in [1.807, 2.05) is 12.1 Å². The van der Waals surface area contributed by atoms with Crippen molar-refractivity contribution in [2.75, 3.05) is 6.61 Å². The van der Waals surface area contributed by atoms with Crippen molar-refractivity contribution in [3.05, 3.63) is 29.3 Å². The van der Waals surface area contributed by atoms with E-state index in [4.69, 9.17) is 9.84 Å². The third-order valence-corrected chi connectivity index (χ3v) is 3.70. The van der Waals surface area contributed by atoms with Gasteiger partial charge >= 0.3 is 5.97 Å². The van der Waals surface area contributed by atoms with Gasteiger partial charge in [0.05, 0.1) is 12.5 Å². The summed E-state index contributed by atoms with van der Waals surface area (Å²) < 4.78 is 5.39. The number of carbonyl (C=O) groups excluding carboxylic acids is 1. The van der Waals surface area contributed by atoms with Crippen molar-refractivity contribution < 1.29 is 19.4 Å². The maximum absolute atomic E-state index is 12.0. The topological polar surface area (TPSA) is 63.6 Å². The first-order chi connectivity index (χ1) is 8.65. The van der Waals surface area contributed by atoms with Gasteiger partial charge in [-0.25, -0.2) is 0 Å². The van der Waals surface area contributed by atoms with Crippen LogP contribution in [0.3, 0.4) is 0 Å². The van der Waals surface area contributed by atoms with E-state index in [9.17, 15) is 9.59 Å². The Morgan fingerprint density at radius 1 is 1.39 bits per heavy atom. The van der Waals surface area contributed by atoms with Gasteiger partial charge in [-0.1, -0.05) is 0 Å². The maximum Gasteiger partial charge on any atom is 0.306 e. The molecule has 94 valence electrons. The SMILES string of the molecule is O=C(CC1CC1C(=O)O)c1ccc2c(c1)CCO2. The van der Waals surface area contributed by atoms with E-state index in [1.54, 1.807) is 6.07 Å². The highest BCUT2D eigenvalue weighted by molar-refractivity contribution is 5.97. The number of Topliss-reactive ketones (excluding diaryl/α,β-unsaturated/α-hetero) is 1. The summed E-state index contributed by atoms with van der Waals surface area (Å²) in [6.45, 7) is 0.677. The Labute approximate surface area is 105 Å². The summed E-state index contributed by atoms with van der Waals surface area (Å²) in [5.41, 5.74) is 1.75. The molecule has 0 saturated heterocycles. The maximum atomic E-state index is 12.0. The van der Waals surface area contributed by atoms with Crippen LogP contribution < -0.4 is 4.74 Å². The fourth-order valence-electron chi connectivity index (χ4n) is 2.49. The molecule has 1 aromatic carbocycles. The second kappa shape index (κ2) is 4.12. The van der Waals surface area contributed by atoms with Crippen molar-refractivity contribution >= 4 is 11.8 Å². The largest absolute Gasteiger partial charge is 0.493 e. The highest BCUT2D eigenvalue weighted by Gasteiger charge is 2.44. The first-order valence-corrected chi connectivity index (χ1v) is 6.17. The van der Waals surface area contributed by atoms with Gasteiger partial charge in [-0.3, -0.25) is 9.59 Å². The number of hydrogen-bond acceptors (Lipinski definition) is 3. The lowest BCUT2D eigenvalue weighted by Gasteiger charge is -2.03. The lowest BCUT2D eigenvalue weighted by Crippen LogP contribution is -2.05. The molecule has 1 N–H and O–H groups in total. The molecule has 0 radical (unpaired) electrons. The molecule has 1 saturated carbocycles. The molecule has 1 fully saturated rings. The summed E-state index contributed by atoms with van der Waals surface area (Å²) in [7, 11) is 0. The summed E-state index contributed by atoms with van der Waals surface area (Å²) in [5.74, 6) is -0.166. The minimum atomic E-state index is -0.782. The molecule has 1 heterocycles. The Morgan fingerprint density at radius 2 is 2.22 bits per heavy atom. The molecule has 1 aliphatic carbocycles. The van der Waals surface area contributed by atoms with Crippen LogP contribution in [-0.4, -0.2) is 23.5 Å². The first kappa shape index (κ1) is 11.3. The molecule has 18 heavy (non-hydrogen) atoms. The number of ether oxygens (including phenoxy) is 1. The molecule has 0 spiro atoms. The predicted molar refractivity (Wildman–Crippen MR) is 63.8 cm³/mol. The molecule has 4 heteroatoms. The van der Waals surface area contributed by atoms with Crippen molar-refractivity contribution in [3.8, 4) is 5.75 Å². The average molecular weight is 246 g/mol. The highest BCUT2D eigenvalue weighted by atomic mass is 16.5. The van der Waals surface area contributed by atoms with Crippen LogP contribution in [-0.2, 0) is 11.2 Å². The van der Waals surface area contributed by atoms with Crippen LogP contribution in [0.4, 0.5) is 0 Å². The molecule has 0 aromatic heterocycles. The molecule has 0 bridgehead atoms. The van der Waals surface area contributed by atoms with E-state index < -0.39 is 5.97 Å². The average Bonchev–Trinajstić information content (AvgIpc) is 2.96. The quantitative estimate of drug-likeness (QED) is 0.824. The second-order valence-electron chi connectivity index (χ2n) is 4.99. The van der Waals surface area contributed by atoms with E-state index in [2.05, 4.69) is 0 Å². The van der Waals surface area contributed by atoms with E-state index in [0.717, 1.165) is 17.7 Å². The van der Waals surface area contributed by atoms with Crippen LogP contribution in [0.15, 0.2) is 18.2 Å². The fourth-order valence-corrected chi connectivity index (χ4v) is 2.49. The minimum Gasteiger partial charge on any atom is -0.493 e. The molecular formula is C14H14O4. The lowest BCUT2D eigenvalue weighted by atomic mass is 10.0. The number of carbonyl (C=O) groups is 2. The molecule has 2 atom stereocenters. The number of ketones is 1. The first-order valence-electron chi connectivity index (χ1n) is 6.17. The van der Waals surface area contributed by atoms with Gasteiger partial charge in [0, 0.05) is 18.4 Å². The van der Waals surface area contributed by atoms with Gasteiger partial charge in [-0.2, -0.15) is 0 Å². The van der Waals surface area contributed by atoms with Crippen LogP contribution >= 0.6 is 0 Å². The third-order valence-electron chi connectivity index (χ3n) is 3.70. The Bertz CT molecular complexity index is 521. The zero-order valence-electron chi connectivity index (χ0n) is 9.89. The van der Waals surface area contributed by atoms with E-state index in [1.165, 1.54) is 0 Å². The molecule has 4 nitrogen and oxygen atoms in total. The van der Waals surface area contributed by atoms with Gasteiger partial charge < -0.3 is 9.84 Å². The Morgan fingerprint density at radius 3 is 2.94 bits per heavy atom. The molecule has 2 unspecified atom stereocenters. The van der Waals surface area contributed by atoms with E-state index in [-0.39, 0.29) is 17.6 Å². The van der Waals surface area contributed by atoms with Crippen molar-refractivity contribution in [1.82, 2.24) is 0 Å². The Balaban J connectivity index is 1.68. The molecule has 3 rings (SSSR count). The van der Waals surface area contributed by atoms with Crippen molar-refractivity contribution in [2.24, 2.45) is 11.8 Å². The standard InChI is InChI=1S/C14H14O4/c15-12(7-10-6-11(10)14(16)17)8-1-2-13-9(5-8)3-4-18-13/h1-2,5,10-11H,3-4,6-7H2,(H,16,17). The summed E-state index contributed by atoms with van der Waals surface area (Å²) in [6, 6.07) is 5.48. The molecule has 2 aliphatic rings. The Hall–Kier alpha value is -1.84. The van der Waals surface area contributed by atoms with E-state index in [0.29, 0.717) is 25.0 Å². The number of carboxylic acids is 1. The Kier molecular flexibility index (Phi) is 2.58. The van der Waals surface area contributed by atoms with E-state index >= 15 is 0 Å². The van der Waals surface area contributed by atoms with Gasteiger partial charge in [0.25, 0.3) is 0 Å². The number of rotatable bonds is 4. The summed E-state index contributed by atoms with van der Waals surface area (Å²) >= 11 is 0. The summed E-state index contributed by atoms with van der Waals surface area (Å²) in [5, 5.41) is 8.81. The number of aliphatic carboxylic acids is 1. The predicted octanol–water partition coefficient (Wildman–Crippen LogP) is 1.92. The van der Waals surface area contributed by atoms with Gasteiger partial charge in [0.15, 0.2) is 5.78 Å². The number of fused-ring (bicyclic) bond motifs is 1. The molecular weight excluding hydrogens is 232 g/mol. The van der Waals surface area contributed by atoms with Crippen LogP contribution in [0, 0.1) is 11.8 Å². The van der Waals surface area contributed by atoms with Crippen molar-refractivity contribution in [2.45, 2.75) is 19.3 Å². The lowest BCUT2D eigenvalue weighted by molar-refractivity contribution is -0.138. The third kappa shape index (κ3) is 1.98. The van der Waals surface area contributed by atoms with Gasteiger partial charge in [-0.15, -0.1) is 0 Å². The zero-order valence-corrected chi connectivity index (χ0v) is 9.89. The van der Waals surface area contributed by atoms with Crippen LogP contribution in [0.5, 0.6) is 5.75 Å². The monoisotopic (exact) mass is 246 g/mol. The summed E-state index contributed by atoms with van der Waals surface area (Å²) in [6.07, 6.45) is 1.82. The smallest absolute Gasteiger partial charge is 0.306 e. The van der Waals surface area contributed by atoms with Crippen molar-refractivity contribution in [3.63, 3.8) is 0 Å². The normalized spacial score (nSPS) is 24.2. The van der Waals surface area contributed by atoms with Gasteiger partial charge in [0.1, 0.15) is 5.75 Å². The minimum absolute atomic E-state index is 0.0273. The number of benzene rings is 1. The fraction of sp³-hybridized carbons (Fsp3) is 0.429. The van der Waals surface area contributed by atoms with Crippen molar-refractivity contribution in [1.29, 1.82) is 0 Å². The van der Waals surface area contributed by atoms with Gasteiger partial charge in [0.2, 0.25) is 0 Å². The van der Waals surface area contributed by atoms with Crippen LogP contribution in [0.25, 0.3) is 0 Å². The number of carboxylic acid groups (broad SMARTS) is 1. The number of hydrogen-bond donors (Lipinski definition) is 1. The second-order valence-corrected chi connectivity index (χ2v) is 4.99. The van der Waals surface area contributed by atoms with Gasteiger partial charge in [-0.05, 0) is 36.1 Å². The highest BCUT2D eigenvalue weighted by Crippen LogP contribution is 2.42. The van der Waals surface area contributed by atoms with Crippen LogP contribution in [0.1, 0.15) is 28.8 Å². The zero-order chi connectivity index (χ0) is 12.7. The van der Waals surface area contributed by atoms with Crippen LogP contribution in [0.2, 0.25) is 0 Å². The molecule has 0 amide bonds. The summed E-state index contributed by atoms with van der Waals surface area (Å²) in [4.78, 5) is 22.7. The molecule has 1 aromatic rings. The molecule has 1 aliphatic heterocycles.